The Kier molecular flexibility index (Phi) is 5.17. The normalized spacial score (nSPS) is 11.5. The van der Waals surface area contributed by atoms with Crippen LogP contribution >= 0.6 is 11.6 Å². The third-order valence-corrected chi connectivity index (χ3v) is 3.73. The fourth-order valence-corrected chi connectivity index (χ4v) is 2.70. The standard InChI is InChI=1S/C10H14ClFN2O2S/c11-9-7-8(12)3-4-10(9)14-17(15,16)6-2-1-5-13/h3-4,7,14H,1-2,5-6,13H2. The molecule has 0 radical (unpaired) electrons. The molecule has 0 amide bonds. The molecule has 3 N–H and O–H groups in total. The van der Waals surface area contributed by atoms with Crippen LogP contribution in [0.15, 0.2) is 18.2 Å². The summed E-state index contributed by atoms with van der Waals surface area (Å²) < 4.78 is 38.3. The minimum Gasteiger partial charge on any atom is -0.330 e. The van der Waals surface area contributed by atoms with Crippen molar-refractivity contribution < 1.29 is 12.8 Å². The van der Waals surface area contributed by atoms with Gasteiger partial charge in [0.05, 0.1) is 16.5 Å². The van der Waals surface area contributed by atoms with Crippen molar-refractivity contribution in [2.24, 2.45) is 5.73 Å². The highest BCUT2D eigenvalue weighted by atomic mass is 35.5. The number of hydrogen-bond donors (Lipinski definition) is 2. The van der Waals surface area contributed by atoms with E-state index in [9.17, 15) is 12.8 Å². The molecule has 0 atom stereocenters. The molecule has 0 fully saturated rings. The summed E-state index contributed by atoms with van der Waals surface area (Å²) in [6.45, 7) is 0.451. The van der Waals surface area contributed by atoms with Crippen molar-refractivity contribution in [1.82, 2.24) is 0 Å². The van der Waals surface area contributed by atoms with Crippen molar-refractivity contribution in [3.05, 3.63) is 29.0 Å². The number of anilines is 1. The van der Waals surface area contributed by atoms with Gasteiger partial charge in [0.15, 0.2) is 0 Å². The Labute approximate surface area is 105 Å². The van der Waals surface area contributed by atoms with Gasteiger partial charge in [-0.05, 0) is 37.6 Å². The van der Waals surface area contributed by atoms with Crippen LogP contribution in [0, 0.1) is 5.82 Å². The monoisotopic (exact) mass is 280 g/mol. The summed E-state index contributed by atoms with van der Waals surface area (Å²) in [5, 5.41) is 0.0346. The number of sulfonamides is 1. The lowest BCUT2D eigenvalue weighted by Gasteiger charge is -2.09. The Balaban J connectivity index is 2.69. The first-order valence-electron chi connectivity index (χ1n) is 5.10. The molecular formula is C10H14ClFN2O2S. The van der Waals surface area contributed by atoms with E-state index < -0.39 is 15.8 Å². The van der Waals surface area contributed by atoms with Crippen LogP contribution in [-0.2, 0) is 10.0 Å². The van der Waals surface area contributed by atoms with Crippen LogP contribution in [0.5, 0.6) is 0 Å². The average molecular weight is 281 g/mol. The van der Waals surface area contributed by atoms with Gasteiger partial charge in [0.2, 0.25) is 10.0 Å². The molecule has 0 saturated carbocycles. The van der Waals surface area contributed by atoms with E-state index in [4.69, 9.17) is 17.3 Å². The highest BCUT2D eigenvalue weighted by molar-refractivity contribution is 7.92. The van der Waals surface area contributed by atoms with Gasteiger partial charge in [-0.15, -0.1) is 0 Å². The lowest BCUT2D eigenvalue weighted by atomic mass is 10.3. The van der Waals surface area contributed by atoms with Crippen molar-refractivity contribution in [3.63, 3.8) is 0 Å². The number of hydrogen-bond acceptors (Lipinski definition) is 3. The number of halogens is 2. The van der Waals surface area contributed by atoms with Crippen molar-refractivity contribution >= 4 is 27.3 Å². The van der Waals surface area contributed by atoms with Crippen molar-refractivity contribution in [2.45, 2.75) is 12.8 Å². The van der Waals surface area contributed by atoms with Crippen LogP contribution in [0.4, 0.5) is 10.1 Å². The fourth-order valence-electron chi connectivity index (χ4n) is 1.23. The molecule has 0 aliphatic carbocycles. The molecular weight excluding hydrogens is 267 g/mol. The molecule has 1 rings (SSSR count). The summed E-state index contributed by atoms with van der Waals surface area (Å²) >= 11 is 5.71. The van der Waals surface area contributed by atoms with Gasteiger partial charge < -0.3 is 5.73 Å². The zero-order chi connectivity index (χ0) is 12.9. The predicted molar refractivity (Wildman–Crippen MR) is 67.1 cm³/mol. The van der Waals surface area contributed by atoms with Crippen LogP contribution in [0.25, 0.3) is 0 Å². The van der Waals surface area contributed by atoms with E-state index >= 15 is 0 Å². The second-order valence-electron chi connectivity index (χ2n) is 3.54. The minimum absolute atomic E-state index is 0.0299. The van der Waals surface area contributed by atoms with Crippen LogP contribution in [0.3, 0.4) is 0 Å². The maximum Gasteiger partial charge on any atom is 0.232 e. The van der Waals surface area contributed by atoms with Gasteiger partial charge in [-0.25, -0.2) is 12.8 Å². The van der Waals surface area contributed by atoms with Crippen LogP contribution in [0.2, 0.25) is 5.02 Å². The average Bonchev–Trinajstić information content (AvgIpc) is 2.22. The molecule has 0 aliphatic rings. The first kappa shape index (κ1) is 14.2. The Morgan fingerprint density at radius 2 is 2.06 bits per heavy atom. The molecule has 0 aliphatic heterocycles. The topological polar surface area (TPSA) is 72.2 Å². The Bertz CT molecular complexity index is 479. The van der Waals surface area contributed by atoms with Crippen molar-refractivity contribution in [3.8, 4) is 0 Å². The maximum atomic E-state index is 12.8. The highest BCUT2D eigenvalue weighted by Crippen LogP contribution is 2.23. The smallest absolute Gasteiger partial charge is 0.232 e. The van der Waals surface area contributed by atoms with Gasteiger partial charge in [-0.2, -0.15) is 0 Å². The quantitative estimate of drug-likeness (QED) is 0.783. The van der Waals surface area contributed by atoms with Gasteiger partial charge in [0.1, 0.15) is 5.82 Å². The Hall–Kier alpha value is -0.850. The fraction of sp³-hybridized carbons (Fsp3) is 0.400. The first-order chi connectivity index (χ1) is 7.94. The highest BCUT2D eigenvalue weighted by Gasteiger charge is 2.12. The predicted octanol–water partition coefficient (Wildman–Crippen LogP) is 1.96. The van der Waals surface area contributed by atoms with Crippen LogP contribution in [0.1, 0.15) is 12.8 Å². The van der Waals surface area contributed by atoms with E-state index in [0.29, 0.717) is 19.4 Å². The molecule has 0 saturated heterocycles. The van der Waals surface area contributed by atoms with E-state index in [2.05, 4.69) is 4.72 Å². The van der Waals surface area contributed by atoms with E-state index in [1.807, 2.05) is 0 Å². The summed E-state index contributed by atoms with van der Waals surface area (Å²) in [5.41, 5.74) is 5.45. The van der Waals surface area contributed by atoms with E-state index in [1.54, 1.807) is 0 Å². The number of benzene rings is 1. The summed E-state index contributed by atoms with van der Waals surface area (Å²) in [7, 11) is -3.45. The second kappa shape index (κ2) is 6.18. The summed E-state index contributed by atoms with van der Waals surface area (Å²) in [4.78, 5) is 0. The van der Waals surface area contributed by atoms with E-state index in [0.717, 1.165) is 12.1 Å². The maximum absolute atomic E-state index is 12.8. The lowest BCUT2D eigenvalue weighted by molar-refractivity contribution is 0.597. The molecule has 4 nitrogen and oxygen atoms in total. The first-order valence-corrected chi connectivity index (χ1v) is 7.13. The summed E-state index contributed by atoms with van der Waals surface area (Å²) in [6.07, 6.45) is 1.11. The summed E-state index contributed by atoms with van der Waals surface area (Å²) in [6, 6.07) is 3.49. The largest absolute Gasteiger partial charge is 0.330 e. The molecule has 0 bridgehead atoms. The molecule has 7 heteroatoms. The molecule has 17 heavy (non-hydrogen) atoms. The van der Waals surface area contributed by atoms with Crippen molar-refractivity contribution in [1.29, 1.82) is 0 Å². The number of unbranched alkanes of at least 4 members (excludes halogenated alkanes) is 1. The van der Waals surface area contributed by atoms with Gasteiger partial charge in [-0.3, -0.25) is 4.72 Å². The minimum atomic E-state index is -3.45. The second-order valence-corrected chi connectivity index (χ2v) is 5.79. The number of nitrogens with one attached hydrogen (secondary N) is 1. The van der Waals surface area contributed by atoms with Crippen LogP contribution < -0.4 is 10.5 Å². The van der Waals surface area contributed by atoms with Gasteiger partial charge in [0, 0.05) is 0 Å². The van der Waals surface area contributed by atoms with Gasteiger partial charge in [-0.1, -0.05) is 11.6 Å². The molecule has 1 aromatic carbocycles. The van der Waals surface area contributed by atoms with Gasteiger partial charge in [0.25, 0.3) is 0 Å². The molecule has 96 valence electrons. The molecule has 0 spiro atoms. The van der Waals surface area contributed by atoms with E-state index in [-0.39, 0.29) is 16.5 Å². The zero-order valence-corrected chi connectivity index (χ0v) is 10.7. The zero-order valence-electron chi connectivity index (χ0n) is 9.12. The summed E-state index contributed by atoms with van der Waals surface area (Å²) in [5.74, 6) is -0.543. The molecule has 0 unspecified atom stereocenters. The Morgan fingerprint density at radius 1 is 1.35 bits per heavy atom. The Morgan fingerprint density at radius 3 is 2.65 bits per heavy atom. The van der Waals surface area contributed by atoms with E-state index in [1.165, 1.54) is 6.07 Å². The van der Waals surface area contributed by atoms with Crippen LogP contribution in [-0.4, -0.2) is 20.7 Å². The number of rotatable bonds is 6. The molecule has 0 aromatic heterocycles. The lowest BCUT2D eigenvalue weighted by Crippen LogP contribution is -2.17. The molecule has 1 aromatic rings. The van der Waals surface area contributed by atoms with Gasteiger partial charge >= 0.3 is 0 Å². The third-order valence-electron chi connectivity index (χ3n) is 2.06. The third kappa shape index (κ3) is 4.89. The SMILES string of the molecule is NCCCCS(=O)(=O)Nc1ccc(F)cc1Cl. The number of nitrogens with two attached hydrogens (primary N) is 1. The van der Waals surface area contributed by atoms with Crippen molar-refractivity contribution in [2.75, 3.05) is 17.0 Å². The molecule has 0 heterocycles.